The molecule has 6 aromatic rings. The van der Waals surface area contributed by atoms with E-state index in [0.29, 0.717) is 43.7 Å². The number of ether oxygens (including phenoxy) is 5. The van der Waals surface area contributed by atoms with E-state index in [1.807, 2.05) is 99.9 Å². The molecule has 2 amide bonds. The Labute approximate surface area is 398 Å². The van der Waals surface area contributed by atoms with Gasteiger partial charge in [0.2, 0.25) is 11.8 Å². The van der Waals surface area contributed by atoms with Crippen molar-refractivity contribution in [3.05, 3.63) is 108 Å². The highest BCUT2D eigenvalue weighted by Crippen LogP contribution is 2.47. The summed E-state index contributed by atoms with van der Waals surface area (Å²) in [6.07, 6.45) is -0.793. The Hall–Kier alpha value is -5.88. The fraction of sp³-hybridized carbons (Fsp3) is 0.373. The van der Waals surface area contributed by atoms with Crippen LogP contribution in [-0.2, 0) is 35.1 Å². The minimum atomic E-state index is -0.850. The second kappa shape index (κ2) is 22.7. The third-order valence-corrected chi connectivity index (χ3v) is 13.5. The van der Waals surface area contributed by atoms with Crippen LogP contribution in [0.25, 0.3) is 31.0 Å². The molecule has 1 saturated heterocycles. The normalized spacial score (nSPS) is 15.4. The molecule has 0 saturated carbocycles. The number of hydrogen-bond acceptors (Lipinski definition) is 14. The molecule has 0 bridgehead atoms. The molecule has 14 nitrogen and oxygen atoms in total. The van der Waals surface area contributed by atoms with E-state index in [0.717, 1.165) is 42.2 Å². The minimum absolute atomic E-state index is 0.0179. The van der Waals surface area contributed by atoms with E-state index in [2.05, 4.69) is 10.3 Å². The SMILES string of the molecule is Cc1ncsc1-c1ccc(CNC(=O)[C@@H]2C[C@@H](O)CN2C(=O)[C@@H](CC(=O)COCCOCCOCCOc2ccc(Oc3c(-c4ccc(O)cc4)sc4cc(O)ccc34)cc2)C(C)(C)C)cc1. The first-order valence-electron chi connectivity index (χ1n) is 22.2. The van der Waals surface area contributed by atoms with Gasteiger partial charge in [-0.1, -0.05) is 45.0 Å². The number of benzene rings is 4. The lowest BCUT2D eigenvalue weighted by molar-refractivity contribution is -0.146. The predicted octanol–water partition coefficient (Wildman–Crippen LogP) is 8.53. The first kappa shape index (κ1) is 49.0. The number of aryl methyl sites for hydroxylation is 1. The van der Waals surface area contributed by atoms with Gasteiger partial charge in [-0.05, 0) is 95.8 Å². The molecule has 4 N–H and O–H groups in total. The second-order valence-corrected chi connectivity index (χ2v) is 19.3. The van der Waals surface area contributed by atoms with Crippen LogP contribution in [0.15, 0.2) is 96.5 Å². The number of rotatable bonds is 22. The lowest BCUT2D eigenvalue weighted by Crippen LogP contribution is -2.50. The number of Topliss-reactive ketones (excluding diaryl/α,β-unsaturated/α-hetero) is 1. The Morgan fingerprint density at radius 3 is 2.10 bits per heavy atom. The van der Waals surface area contributed by atoms with Gasteiger partial charge in [0.05, 0.1) is 60.1 Å². The molecule has 16 heteroatoms. The van der Waals surface area contributed by atoms with E-state index in [1.165, 1.54) is 16.2 Å². The molecule has 1 aliphatic rings. The van der Waals surface area contributed by atoms with Crippen LogP contribution in [0.3, 0.4) is 0 Å². The van der Waals surface area contributed by atoms with Crippen molar-refractivity contribution in [3.63, 3.8) is 0 Å². The molecule has 1 aliphatic heterocycles. The molecule has 67 heavy (non-hydrogen) atoms. The summed E-state index contributed by atoms with van der Waals surface area (Å²) < 4.78 is 29.9. The molecule has 0 radical (unpaired) electrons. The van der Waals surface area contributed by atoms with Crippen LogP contribution in [0, 0.1) is 18.3 Å². The molecule has 3 atom stereocenters. The fourth-order valence-corrected chi connectivity index (χ4v) is 9.73. The number of ketones is 1. The standard InChI is InChI=1S/C51H57N3O11S2/c1-32-47(66-31-53-32)34-7-5-33(6-8-34)28-52-49(59)44-26-38(57)29-54(44)50(60)43(51(2,3)4)25-39(58)30-63-22-21-61-19-20-62-23-24-64-40-14-16-41(17-15-40)65-46-42-18-13-37(56)27-45(42)67-48(46)35-9-11-36(55)12-10-35/h5-18,27,31,38,43-44,55-57H,19-26,28-30H2,1-4H3,(H,52,59)/t38-,43-,44+/m1/s1. The van der Waals surface area contributed by atoms with Crippen molar-refractivity contribution in [2.75, 3.05) is 52.8 Å². The first-order valence-corrected chi connectivity index (χ1v) is 23.9. The zero-order valence-electron chi connectivity index (χ0n) is 38.1. The number of hydrogen-bond donors (Lipinski definition) is 4. The number of fused-ring (bicyclic) bond motifs is 1. The van der Waals surface area contributed by atoms with E-state index in [9.17, 15) is 29.7 Å². The molecule has 0 spiro atoms. The van der Waals surface area contributed by atoms with Crippen LogP contribution in [0.2, 0.25) is 0 Å². The summed E-state index contributed by atoms with van der Waals surface area (Å²) in [6, 6.07) is 26.4. The highest BCUT2D eigenvalue weighted by Gasteiger charge is 2.44. The van der Waals surface area contributed by atoms with Gasteiger partial charge in [-0.15, -0.1) is 22.7 Å². The lowest BCUT2D eigenvalue weighted by Gasteiger charge is -2.34. The second-order valence-electron chi connectivity index (χ2n) is 17.4. The number of carbonyl (C=O) groups is 3. The maximum atomic E-state index is 14.0. The molecule has 2 aromatic heterocycles. The van der Waals surface area contributed by atoms with Crippen molar-refractivity contribution in [1.29, 1.82) is 0 Å². The van der Waals surface area contributed by atoms with Crippen molar-refractivity contribution in [2.24, 2.45) is 11.3 Å². The summed E-state index contributed by atoms with van der Waals surface area (Å²) in [5.74, 6) is 0.602. The van der Waals surface area contributed by atoms with Gasteiger partial charge in [0.15, 0.2) is 11.5 Å². The maximum absolute atomic E-state index is 14.0. The molecular weight excluding hydrogens is 895 g/mol. The molecule has 0 aliphatic carbocycles. The third kappa shape index (κ3) is 13.2. The number of aromatic hydroxyl groups is 2. The van der Waals surface area contributed by atoms with Crippen molar-refractivity contribution in [3.8, 4) is 49.6 Å². The van der Waals surface area contributed by atoms with Crippen LogP contribution >= 0.6 is 22.7 Å². The number of aliphatic hydroxyl groups is 1. The number of aliphatic hydroxyl groups excluding tert-OH is 1. The average Bonchev–Trinajstić information content (AvgIpc) is 4.03. The van der Waals surface area contributed by atoms with Crippen molar-refractivity contribution >= 4 is 50.4 Å². The van der Waals surface area contributed by atoms with E-state index in [1.54, 1.807) is 35.6 Å². The lowest BCUT2D eigenvalue weighted by atomic mass is 9.77. The number of amides is 2. The smallest absolute Gasteiger partial charge is 0.243 e. The molecule has 354 valence electrons. The van der Waals surface area contributed by atoms with E-state index in [4.69, 9.17) is 23.7 Å². The molecule has 1 fully saturated rings. The summed E-state index contributed by atoms with van der Waals surface area (Å²) in [4.78, 5) is 48.2. The number of carbonyl (C=O) groups excluding carboxylic acids is 3. The van der Waals surface area contributed by atoms with Crippen molar-refractivity contribution in [1.82, 2.24) is 15.2 Å². The number of thiazole rings is 1. The van der Waals surface area contributed by atoms with Gasteiger partial charge in [0.25, 0.3) is 0 Å². The number of β-amino-alcohol motifs (C(OH)–C–C–N with tert-alkyl or cyclic N) is 1. The number of phenolic OH excluding ortho intramolecular Hbond substituents is 2. The maximum Gasteiger partial charge on any atom is 0.243 e. The van der Waals surface area contributed by atoms with Gasteiger partial charge in [-0.3, -0.25) is 14.4 Å². The van der Waals surface area contributed by atoms with Crippen LogP contribution in [0.4, 0.5) is 0 Å². The summed E-state index contributed by atoms with van der Waals surface area (Å²) in [5.41, 5.74) is 5.02. The number of phenols is 2. The largest absolute Gasteiger partial charge is 0.508 e. The summed E-state index contributed by atoms with van der Waals surface area (Å²) in [6.45, 7) is 9.49. The predicted molar refractivity (Wildman–Crippen MR) is 258 cm³/mol. The van der Waals surface area contributed by atoms with E-state index < -0.39 is 23.5 Å². The number of nitrogens with one attached hydrogen (secondary N) is 1. The van der Waals surface area contributed by atoms with E-state index >= 15 is 0 Å². The van der Waals surface area contributed by atoms with Crippen LogP contribution < -0.4 is 14.8 Å². The number of nitrogens with zero attached hydrogens (tertiary/aromatic N) is 2. The Morgan fingerprint density at radius 2 is 1.43 bits per heavy atom. The van der Waals surface area contributed by atoms with Gasteiger partial charge >= 0.3 is 0 Å². The van der Waals surface area contributed by atoms with Gasteiger partial charge in [0, 0.05) is 41.9 Å². The monoisotopic (exact) mass is 951 g/mol. The van der Waals surface area contributed by atoms with Crippen LogP contribution in [-0.4, -0.2) is 108 Å². The highest BCUT2D eigenvalue weighted by molar-refractivity contribution is 7.22. The molecule has 4 aromatic carbocycles. The summed E-state index contributed by atoms with van der Waals surface area (Å²) in [5, 5.41) is 34.2. The van der Waals surface area contributed by atoms with Gasteiger partial charge < -0.3 is 49.2 Å². The van der Waals surface area contributed by atoms with Gasteiger partial charge in [-0.25, -0.2) is 4.98 Å². The number of thiophene rings is 1. The molecule has 7 rings (SSSR count). The van der Waals surface area contributed by atoms with Crippen molar-refractivity contribution < 1.29 is 53.4 Å². The Balaban J connectivity index is 0.771. The fourth-order valence-electron chi connectivity index (χ4n) is 7.75. The third-order valence-electron chi connectivity index (χ3n) is 11.4. The Kier molecular flexibility index (Phi) is 16.6. The Bertz CT molecular complexity index is 2590. The summed E-state index contributed by atoms with van der Waals surface area (Å²) in [7, 11) is 0. The minimum Gasteiger partial charge on any atom is -0.508 e. The zero-order chi connectivity index (χ0) is 47.5. The number of aromatic nitrogens is 1. The van der Waals surface area contributed by atoms with Crippen LogP contribution in [0.1, 0.15) is 44.9 Å². The molecule has 0 unspecified atom stereocenters. The zero-order valence-corrected chi connectivity index (χ0v) is 39.7. The molecule has 3 heterocycles. The highest BCUT2D eigenvalue weighted by atomic mass is 32.1. The number of likely N-dealkylation sites (tertiary alicyclic amines) is 1. The topological polar surface area (TPSA) is 186 Å². The van der Waals surface area contributed by atoms with Gasteiger partial charge in [-0.2, -0.15) is 0 Å². The average molecular weight is 952 g/mol. The quantitative estimate of drug-likeness (QED) is 0.0476. The Morgan fingerprint density at radius 1 is 0.806 bits per heavy atom. The van der Waals surface area contributed by atoms with Crippen LogP contribution in [0.5, 0.6) is 28.7 Å². The first-order chi connectivity index (χ1) is 32.2. The van der Waals surface area contributed by atoms with E-state index in [-0.39, 0.29) is 74.8 Å². The molecular formula is C51H57N3O11S2. The van der Waals surface area contributed by atoms with Gasteiger partial charge in [0.1, 0.15) is 42.3 Å². The summed E-state index contributed by atoms with van der Waals surface area (Å²) >= 11 is 3.07. The van der Waals surface area contributed by atoms with Crippen molar-refractivity contribution in [2.45, 2.75) is 59.2 Å².